The van der Waals surface area contributed by atoms with E-state index in [-0.39, 0.29) is 61.1 Å². The molecule has 1 aliphatic heterocycles. The first-order valence-electron chi connectivity index (χ1n) is 11.6. The van der Waals surface area contributed by atoms with Crippen molar-refractivity contribution >= 4 is 17.5 Å². The first-order valence-corrected chi connectivity index (χ1v) is 11.6. The fraction of sp³-hybridized carbons (Fsp3) is 0.667. The van der Waals surface area contributed by atoms with Crippen molar-refractivity contribution in [3.05, 3.63) is 23.8 Å². The lowest BCUT2D eigenvalue weighted by Crippen LogP contribution is -2.47. The zero-order valence-electron chi connectivity index (χ0n) is 20.2. The molecule has 190 valence electrons. The largest absolute Gasteiger partial charge is 0.491 e. The molecule has 10 heteroatoms. The van der Waals surface area contributed by atoms with Crippen LogP contribution in [0.5, 0.6) is 5.75 Å². The molecule has 3 rings (SSSR count). The van der Waals surface area contributed by atoms with E-state index in [1.165, 1.54) is 12.0 Å². The molecule has 1 fully saturated rings. The van der Waals surface area contributed by atoms with Crippen molar-refractivity contribution in [1.82, 2.24) is 9.80 Å². The third-order valence-corrected chi connectivity index (χ3v) is 6.47. The average Bonchev–Trinajstić information content (AvgIpc) is 3.62. The predicted molar refractivity (Wildman–Crippen MR) is 122 cm³/mol. The molecule has 7 nitrogen and oxygen atoms in total. The minimum atomic E-state index is -4.26. The normalized spacial score (nSPS) is 25.1. The summed E-state index contributed by atoms with van der Waals surface area (Å²) < 4.78 is 50.4. The number of carbonyl (C=O) groups is 2. The Labute approximate surface area is 198 Å². The first-order chi connectivity index (χ1) is 16.0. The topological polar surface area (TPSA) is 71.1 Å². The molecule has 34 heavy (non-hydrogen) atoms. The van der Waals surface area contributed by atoms with Crippen molar-refractivity contribution in [2.75, 3.05) is 45.7 Å². The Morgan fingerprint density at radius 2 is 1.94 bits per heavy atom. The molecule has 0 spiro atoms. The number of benzene rings is 1. The number of rotatable bonds is 5. The van der Waals surface area contributed by atoms with E-state index in [0.717, 1.165) is 12.8 Å². The number of halogens is 3. The maximum atomic E-state index is 13.3. The van der Waals surface area contributed by atoms with Crippen molar-refractivity contribution in [2.45, 2.75) is 51.4 Å². The molecule has 2 aliphatic rings. The average molecular weight is 486 g/mol. The van der Waals surface area contributed by atoms with E-state index in [4.69, 9.17) is 9.47 Å². The third-order valence-electron chi connectivity index (χ3n) is 6.47. The zero-order chi connectivity index (χ0) is 25.0. The molecular weight excluding hydrogens is 451 g/mol. The van der Waals surface area contributed by atoms with Gasteiger partial charge in [-0.3, -0.25) is 14.5 Å². The molecule has 0 unspecified atom stereocenters. The van der Waals surface area contributed by atoms with Gasteiger partial charge < -0.3 is 19.7 Å². The number of nitrogens with zero attached hydrogens (tertiary/aromatic N) is 2. The summed E-state index contributed by atoms with van der Waals surface area (Å²) in [5.74, 6) is -0.139. The van der Waals surface area contributed by atoms with E-state index in [0.29, 0.717) is 18.0 Å². The van der Waals surface area contributed by atoms with Gasteiger partial charge in [0, 0.05) is 51.4 Å². The van der Waals surface area contributed by atoms with E-state index in [1.54, 1.807) is 30.1 Å². The number of ether oxygens (including phenoxy) is 2. The maximum absolute atomic E-state index is 13.3. The summed E-state index contributed by atoms with van der Waals surface area (Å²) in [5.41, 5.74) is 0.790. The minimum absolute atomic E-state index is 0.0167. The lowest BCUT2D eigenvalue weighted by molar-refractivity contribution is -0.140. The molecule has 2 amide bonds. The van der Waals surface area contributed by atoms with E-state index in [9.17, 15) is 22.8 Å². The van der Waals surface area contributed by atoms with Gasteiger partial charge in [-0.2, -0.15) is 13.2 Å². The summed E-state index contributed by atoms with van der Waals surface area (Å²) in [4.78, 5) is 28.8. The van der Waals surface area contributed by atoms with Gasteiger partial charge >= 0.3 is 6.18 Å². The highest BCUT2D eigenvalue weighted by molar-refractivity contribution is 6.00. The highest BCUT2D eigenvalue weighted by Gasteiger charge is 2.33. The molecule has 3 atom stereocenters. The van der Waals surface area contributed by atoms with Crippen LogP contribution in [0.4, 0.5) is 18.9 Å². The molecule has 0 aromatic heterocycles. The molecule has 1 aromatic carbocycles. The van der Waals surface area contributed by atoms with Crippen LogP contribution in [0.3, 0.4) is 0 Å². The van der Waals surface area contributed by atoms with Crippen LogP contribution in [0, 0.1) is 11.8 Å². The molecule has 1 saturated carbocycles. The number of likely N-dealkylation sites (N-methyl/N-ethyl adjacent to an activating group) is 1. The van der Waals surface area contributed by atoms with E-state index < -0.39 is 12.6 Å². The summed E-state index contributed by atoms with van der Waals surface area (Å²) in [6, 6.07) is 4.57. The van der Waals surface area contributed by atoms with Crippen molar-refractivity contribution in [1.29, 1.82) is 0 Å². The predicted octanol–water partition coefficient (Wildman–Crippen LogP) is 3.79. The number of carbonyl (C=O) groups excluding carboxylic acids is 2. The summed E-state index contributed by atoms with van der Waals surface area (Å²) in [6.45, 7) is 4.32. The number of amides is 2. The molecular formula is C24H34F3N3O4. The Hall–Kier alpha value is -2.33. The smallest absolute Gasteiger partial charge is 0.390 e. The highest BCUT2D eigenvalue weighted by Crippen LogP contribution is 2.32. The van der Waals surface area contributed by atoms with Gasteiger partial charge in [-0.05, 0) is 43.9 Å². The number of methoxy groups -OCH3 is 1. The van der Waals surface area contributed by atoms with Crippen LogP contribution in [0.2, 0.25) is 0 Å². The first kappa shape index (κ1) is 26.3. The Morgan fingerprint density at radius 1 is 1.24 bits per heavy atom. The molecule has 1 heterocycles. The van der Waals surface area contributed by atoms with Gasteiger partial charge in [0.15, 0.2) is 0 Å². The number of hydrogen-bond acceptors (Lipinski definition) is 5. The Kier molecular flexibility index (Phi) is 8.46. The molecule has 0 saturated heterocycles. The van der Waals surface area contributed by atoms with Gasteiger partial charge in [-0.25, -0.2) is 0 Å². The summed E-state index contributed by atoms with van der Waals surface area (Å²) >= 11 is 0. The molecule has 0 bridgehead atoms. The molecule has 1 aliphatic carbocycles. The standard InChI is InChI=1S/C24H34F3N3O4/c1-15-12-30(10-9-24(25,26)27)16(2)14-34-20-8-7-18(28-22(31)17-5-6-17)11-19(20)23(32)29(3)13-21(15)33-4/h7-8,11,15-17,21H,5-6,9-10,12-14H2,1-4H3,(H,28,31)/t15-,16+,21+/m1/s1. The van der Waals surface area contributed by atoms with E-state index in [1.807, 2.05) is 13.8 Å². The van der Waals surface area contributed by atoms with Crippen LogP contribution in [-0.2, 0) is 9.53 Å². The second-order valence-corrected chi connectivity index (χ2v) is 9.43. The van der Waals surface area contributed by atoms with Crippen molar-refractivity contribution < 1.29 is 32.2 Å². The quantitative estimate of drug-likeness (QED) is 0.687. The van der Waals surface area contributed by atoms with Gasteiger partial charge in [-0.15, -0.1) is 0 Å². The fourth-order valence-corrected chi connectivity index (χ4v) is 4.10. The van der Waals surface area contributed by atoms with Crippen molar-refractivity contribution in [2.24, 2.45) is 11.8 Å². The Morgan fingerprint density at radius 3 is 2.56 bits per heavy atom. The van der Waals surface area contributed by atoms with Gasteiger partial charge in [0.05, 0.1) is 18.1 Å². The molecule has 1 N–H and O–H groups in total. The van der Waals surface area contributed by atoms with Crippen LogP contribution >= 0.6 is 0 Å². The lowest BCUT2D eigenvalue weighted by atomic mass is 10.0. The summed E-state index contributed by atoms with van der Waals surface area (Å²) in [7, 11) is 3.19. The summed E-state index contributed by atoms with van der Waals surface area (Å²) in [6.07, 6.45) is -3.81. The minimum Gasteiger partial charge on any atom is -0.491 e. The fourth-order valence-electron chi connectivity index (χ4n) is 4.10. The number of alkyl halides is 3. The molecule has 1 aromatic rings. The maximum Gasteiger partial charge on any atom is 0.390 e. The third kappa shape index (κ3) is 7.09. The number of anilines is 1. The van der Waals surface area contributed by atoms with Gasteiger partial charge in [0.2, 0.25) is 5.91 Å². The van der Waals surface area contributed by atoms with E-state index >= 15 is 0 Å². The Bertz CT molecular complexity index is 876. The van der Waals surface area contributed by atoms with Crippen LogP contribution in [0.15, 0.2) is 18.2 Å². The SMILES string of the molecule is CO[C@H]1CN(C)C(=O)c2cc(NC(=O)C3CC3)ccc2OC[C@H](C)N(CCC(F)(F)F)C[C@H]1C. The monoisotopic (exact) mass is 485 g/mol. The number of fused-ring (bicyclic) bond motifs is 1. The van der Waals surface area contributed by atoms with E-state index in [2.05, 4.69) is 5.32 Å². The van der Waals surface area contributed by atoms with Crippen LogP contribution in [0.25, 0.3) is 0 Å². The van der Waals surface area contributed by atoms with Gasteiger partial charge in [-0.1, -0.05) is 6.92 Å². The van der Waals surface area contributed by atoms with Gasteiger partial charge in [0.25, 0.3) is 5.91 Å². The summed E-state index contributed by atoms with van der Waals surface area (Å²) in [5, 5.41) is 2.84. The van der Waals surface area contributed by atoms with Crippen LogP contribution in [0.1, 0.15) is 43.5 Å². The van der Waals surface area contributed by atoms with Crippen molar-refractivity contribution in [3.63, 3.8) is 0 Å². The van der Waals surface area contributed by atoms with Gasteiger partial charge in [0.1, 0.15) is 12.4 Å². The second kappa shape index (κ2) is 10.9. The number of nitrogens with one attached hydrogen (secondary N) is 1. The van der Waals surface area contributed by atoms with Crippen LogP contribution < -0.4 is 10.1 Å². The lowest BCUT2D eigenvalue weighted by Gasteiger charge is -2.36. The number of hydrogen-bond donors (Lipinski definition) is 1. The second-order valence-electron chi connectivity index (χ2n) is 9.43. The van der Waals surface area contributed by atoms with Crippen LogP contribution in [-0.4, -0.2) is 80.3 Å². The van der Waals surface area contributed by atoms with Crippen molar-refractivity contribution in [3.8, 4) is 5.75 Å². The zero-order valence-corrected chi connectivity index (χ0v) is 20.2. The Balaban J connectivity index is 1.88. The molecule has 0 radical (unpaired) electrons. The highest BCUT2D eigenvalue weighted by atomic mass is 19.4.